The van der Waals surface area contributed by atoms with E-state index in [0.717, 1.165) is 21.6 Å². The number of fused-ring (bicyclic) bond motifs is 3. The molecule has 27 heavy (non-hydrogen) atoms. The third kappa shape index (κ3) is 3.12. The Hall–Kier alpha value is -3.00. The Kier molecular flexibility index (Phi) is 4.49. The van der Waals surface area contributed by atoms with Gasteiger partial charge in [-0.3, -0.25) is 19.0 Å². The number of aromatic nitrogens is 4. The van der Waals surface area contributed by atoms with E-state index in [1.807, 2.05) is 47.9 Å². The van der Waals surface area contributed by atoms with Crippen LogP contribution in [0.1, 0.15) is 31.3 Å². The molecule has 0 aliphatic rings. The third-order valence-electron chi connectivity index (χ3n) is 4.55. The van der Waals surface area contributed by atoms with Gasteiger partial charge < -0.3 is 5.32 Å². The van der Waals surface area contributed by atoms with E-state index in [2.05, 4.69) is 15.4 Å². The fraction of sp³-hybridized carbons (Fsp3) is 0.263. The van der Waals surface area contributed by atoms with Gasteiger partial charge in [0, 0.05) is 24.2 Å². The van der Waals surface area contributed by atoms with Crippen LogP contribution >= 0.6 is 11.3 Å². The van der Waals surface area contributed by atoms with Gasteiger partial charge in [-0.15, -0.1) is 11.3 Å². The Balaban J connectivity index is 1.64. The van der Waals surface area contributed by atoms with E-state index in [1.54, 1.807) is 23.7 Å². The molecular formula is C19H19N5O2S. The lowest BCUT2D eigenvalue weighted by molar-refractivity contribution is -0.122. The zero-order valence-corrected chi connectivity index (χ0v) is 15.9. The molecule has 1 atom stereocenters. The van der Waals surface area contributed by atoms with Crippen LogP contribution in [0, 0.1) is 0 Å². The first-order chi connectivity index (χ1) is 13.1. The molecule has 0 spiro atoms. The SMILES string of the molecule is CCc1nn(CC(=O)N[C@H](C)c2ccncc2)c(=O)c2cc3ccsc3n12. The van der Waals surface area contributed by atoms with Crippen molar-refractivity contribution in [3.63, 3.8) is 0 Å². The second-order valence-electron chi connectivity index (χ2n) is 6.35. The highest BCUT2D eigenvalue weighted by atomic mass is 32.1. The highest BCUT2D eigenvalue weighted by Crippen LogP contribution is 2.24. The minimum atomic E-state index is -0.262. The van der Waals surface area contributed by atoms with Crippen LogP contribution in [-0.2, 0) is 17.8 Å². The molecule has 0 bridgehead atoms. The molecular weight excluding hydrogens is 362 g/mol. The monoisotopic (exact) mass is 381 g/mol. The number of thiophene rings is 1. The zero-order valence-electron chi connectivity index (χ0n) is 15.0. The molecule has 4 heterocycles. The van der Waals surface area contributed by atoms with Crippen LogP contribution in [0.15, 0.2) is 46.8 Å². The fourth-order valence-electron chi connectivity index (χ4n) is 3.19. The molecule has 4 aromatic heterocycles. The molecule has 1 N–H and O–H groups in total. The average Bonchev–Trinajstić information content (AvgIpc) is 3.26. The molecule has 4 aromatic rings. The minimum absolute atomic E-state index is 0.114. The van der Waals surface area contributed by atoms with Gasteiger partial charge in [-0.2, -0.15) is 5.10 Å². The van der Waals surface area contributed by atoms with Gasteiger partial charge in [0.25, 0.3) is 5.56 Å². The summed E-state index contributed by atoms with van der Waals surface area (Å²) in [6.07, 6.45) is 4.03. The van der Waals surface area contributed by atoms with Crippen LogP contribution in [0.5, 0.6) is 0 Å². The second-order valence-corrected chi connectivity index (χ2v) is 7.24. The summed E-state index contributed by atoms with van der Waals surface area (Å²) in [7, 11) is 0. The van der Waals surface area contributed by atoms with Crippen LogP contribution in [0.4, 0.5) is 0 Å². The Morgan fingerprint density at radius 2 is 2.07 bits per heavy atom. The summed E-state index contributed by atoms with van der Waals surface area (Å²) in [6.45, 7) is 3.77. The van der Waals surface area contributed by atoms with Crippen LogP contribution in [0.3, 0.4) is 0 Å². The molecule has 0 aromatic carbocycles. The first kappa shape index (κ1) is 17.4. The van der Waals surface area contributed by atoms with E-state index < -0.39 is 0 Å². The normalized spacial score (nSPS) is 12.5. The predicted octanol–water partition coefficient (Wildman–Crippen LogP) is 2.55. The first-order valence-corrected chi connectivity index (χ1v) is 9.64. The molecule has 1 amide bonds. The van der Waals surface area contributed by atoms with Crippen molar-refractivity contribution in [1.29, 1.82) is 0 Å². The van der Waals surface area contributed by atoms with Gasteiger partial charge in [-0.1, -0.05) is 6.92 Å². The van der Waals surface area contributed by atoms with Crippen molar-refractivity contribution in [2.45, 2.75) is 32.9 Å². The van der Waals surface area contributed by atoms with Crippen LogP contribution < -0.4 is 10.9 Å². The molecule has 7 nitrogen and oxygen atoms in total. The molecule has 0 saturated heterocycles. The van der Waals surface area contributed by atoms with Gasteiger partial charge in [0.15, 0.2) is 0 Å². The summed E-state index contributed by atoms with van der Waals surface area (Å²) in [5.74, 6) is 0.505. The van der Waals surface area contributed by atoms with Crippen molar-refractivity contribution >= 4 is 33.0 Å². The number of nitrogens with one attached hydrogen (secondary N) is 1. The van der Waals surface area contributed by atoms with Gasteiger partial charge in [-0.25, -0.2) is 4.68 Å². The van der Waals surface area contributed by atoms with Crippen LogP contribution in [0.25, 0.3) is 15.7 Å². The number of carbonyl (C=O) groups excluding carboxylic acids is 1. The molecule has 0 saturated carbocycles. The lowest BCUT2D eigenvalue weighted by Crippen LogP contribution is -2.36. The lowest BCUT2D eigenvalue weighted by Gasteiger charge is -2.15. The van der Waals surface area contributed by atoms with E-state index in [9.17, 15) is 9.59 Å². The van der Waals surface area contributed by atoms with E-state index >= 15 is 0 Å². The van der Waals surface area contributed by atoms with Crippen LogP contribution in [0.2, 0.25) is 0 Å². The lowest BCUT2D eigenvalue weighted by atomic mass is 10.1. The summed E-state index contributed by atoms with van der Waals surface area (Å²) in [5, 5.41) is 10.4. The number of carbonyl (C=O) groups is 1. The summed E-state index contributed by atoms with van der Waals surface area (Å²) >= 11 is 1.58. The van der Waals surface area contributed by atoms with Gasteiger partial charge >= 0.3 is 0 Å². The summed E-state index contributed by atoms with van der Waals surface area (Å²) in [6, 6.07) is 7.38. The Morgan fingerprint density at radius 3 is 2.81 bits per heavy atom. The quantitative estimate of drug-likeness (QED) is 0.576. The molecule has 138 valence electrons. The third-order valence-corrected chi connectivity index (χ3v) is 5.47. The van der Waals surface area contributed by atoms with Crippen molar-refractivity contribution in [2.75, 3.05) is 0 Å². The van der Waals surface area contributed by atoms with Crippen molar-refractivity contribution in [3.05, 3.63) is 63.8 Å². The van der Waals surface area contributed by atoms with Crippen molar-refractivity contribution in [1.82, 2.24) is 24.5 Å². The van der Waals surface area contributed by atoms with Gasteiger partial charge in [0.2, 0.25) is 5.91 Å². The Morgan fingerprint density at radius 1 is 1.30 bits per heavy atom. The zero-order chi connectivity index (χ0) is 19.0. The van der Waals surface area contributed by atoms with Crippen LogP contribution in [-0.4, -0.2) is 25.1 Å². The highest BCUT2D eigenvalue weighted by Gasteiger charge is 2.17. The first-order valence-electron chi connectivity index (χ1n) is 8.76. The molecule has 0 unspecified atom stereocenters. The number of hydrogen-bond acceptors (Lipinski definition) is 5. The maximum Gasteiger partial charge on any atom is 0.291 e. The van der Waals surface area contributed by atoms with Gasteiger partial charge in [-0.05, 0) is 42.1 Å². The minimum Gasteiger partial charge on any atom is -0.348 e. The molecule has 0 aliphatic heterocycles. The topological polar surface area (TPSA) is 81.3 Å². The van der Waals surface area contributed by atoms with Gasteiger partial charge in [0.1, 0.15) is 22.7 Å². The van der Waals surface area contributed by atoms with Crippen molar-refractivity contribution in [3.8, 4) is 0 Å². The Bertz CT molecular complexity index is 1180. The molecule has 0 fully saturated rings. The number of pyridine rings is 1. The van der Waals surface area contributed by atoms with Crippen molar-refractivity contribution in [2.24, 2.45) is 0 Å². The molecule has 0 aliphatic carbocycles. The second kappa shape index (κ2) is 6.96. The number of aryl methyl sites for hydroxylation is 1. The van der Waals surface area contributed by atoms with Crippen molar-refractivity contribution < 1.29 is 4.79 Å². The number of rotatable bonds is 5. The number of hydrogen-bond donors (Lipinski definition) is 1. The summed E-state index contributed by atoms with van der Waals surface area (Å²) < 4.78 is 3.16. The predicted molar refractivity (Wildman–Crippen MR) is 105 cm³/mol. The van der Waals surface area contributed by atoms with E-state index in [1.165, 1.54) is 4.68 Å². The summed E-state index contributed by atoms with van der Waals surface area (Å²) in [4.78, 5) is 30.3. The standard InChI is InChI=1S/C19H19N5O2S/c1-3-16-22-23(11-17(25)21-12(2)13-4-7-20-8-5-13)18(26)15-10-14-6-9-27-19(14)24(15)16/h4-10,12H,3,11H2,1-2H3,(H,21,25)/t12-/m1/s1. The number of nitrogens with zero attached hydrogens (tertiary/aromatic N) is 4. The smallest absolute Gasteiger partial charge is 0.291 e. The van der Waals surface area contributed by atoms with E-state index in [4.69, 9.17) is 0 Å². The number of amides is 1. The molecule has 4 rings (SSSR count). The highest BCUT2D eigenvalue weighted by molar-refractivity contribution is 7.16. The molecule has 8 heteroatoms. The fourth-order valence-corrected chi connectivity index (χ4v) is 4.11. The maximum atomic E-state index is 12.9. The largest absolute Gasteiger partial charge is 0.348 e. The Labute approximate surface area is 159 Å². The average molecular weight is 381 g/mol. The van der Waals surface area contributed by atoms with E-state index in [0.29, 0.717) is 11.9 Å². The molecule has 0 radical (unpaired) electrons. The maximum absolute atomic E-state index is 12.9. The van der Waals surface area contributed by atoms with Gasteiger partial charge in [0.05, 0.1) is 6.04 Å². The van der Waals surface area contributed by atoms with E-state index in [-0.39, 0.29) is 24.1 Å². The summed E-state index contributed by atoms with van der Waals surface area (Å²) in [5.41, 5.74) is 1.25.